The minimum Gasteiger partial charge on any atom is -0.309 e. The van der Waals surface area contributed by atoms with E-state index in [1.807, 2.05) is 0 Å². The lowest BCUT2D eigenvalue weighted by molar-refractivity contribution is 1.13. The highest BCUT2D eigenvalue weighted by Gasteiger charge is 2.22. The molecule has 0 atom stereocenters. The second-order valence-corrected chi connectivity index (χ2v) is 16.5. The standard InChI is InChI=1S/C60H39N3/c1-3-17-40(18-4-1)42-21-15-22-43(35-42)45-36-44(41-19-5-2-6-20-41)37-47(38-45)61-54-28-11-7-25-50(54)52-34-33-46(39-59(52)61)62-55-29-12-10-26-51(55)53-27-16-32-58(60(53)62)63-56-30-13-8-23-48(56)49-24-9-14-31-57(49)63/h1-39H. The van der Waals surface area contributed by atoms with Gasteiger partial charge in [0.05, 0.1) is 38.8 Å². The summed E-state index contributed by atoms with van der Waals surface area (Å²) in [4.78, 5) is 0. The maximum absolute atomic E-state index is 2.49. The predicted molar refractivity (Wildman–Crippen MR) is 266 cm³/mol. The van der Waals surface area contributed by atoms with Gasteiger partial charge in [-0.3, -0.25) is 0 Å². The lowest BCUT2D eigenvalue weighted by atomic mass is 9.95. The van der Waals surface area contributed by atoms with Gasteiger partial charge in [0, 0.05) is 43.7 Å². The third kappa shape index (κ3) is 5.53. The Morgan fingerprint density at radius 1 is 0.206 bits per heavy atom. The lowest BCUT2D eigenvalue weighted by Gasteiger charge is -2.16. The Hall–Kier alpha value is -8.40. The van der Waals surface area contributed by atoms with E-state index >= 15 is 0 Å². The van der Waals surface area contributed by atoms with E-state index < -0.39 is 0 Å². The van der Waals surface area contributed by atoms with Crippen LogP contribution in [0.15, 0.2) is 237 Å². The van der Waals surface area contributed by atoms with Crippen LogP contribution in [-0.2, 0) is 0 Å². The van der Waals surface area contributed by atoms with E-state index in [9.17, 15) is 0 Å². The van der Waals surface area contributed by atoms with Crippen molar-refractivity contribution >= 4 is 65.4 Å². The summed E-state index contributed by atoms with van der Waals surface area (Å²) in [6, 6.07) is 86.6. The number of hydrogen-bond donors (Lipinski definition) is 0. The first-order valence-electron chi connectivity index (χ1n) is 21.7. The molecular formula is C60H39N3. The van der Waals surface area contributed by atoms with Gasteiger partial charge in [0.2, 0.25) is 0 Å². The van der Waals surface area contributed by atoms with E-state index in [1.165, 1.54) is 93.3 Å². The zero-order valence-corrected chi connectivity index (χ0v) is 34.4. The smallest absolute Gasteiger partial charge is 0.0782 e. The second-order valence-electron chi connectivity index (χ2n) is 16.5. The second kappa shape index (κ2) is 14.1. The Morgan fingerprint density at radius 3 is 1.24 bits per heavy atom. The highest BCUT2D eigenvalue weighted by molar-refractivity contribution is 6.16. The molecule has 0 aliphatic carbocycles. The average molecular weight is 802 g/mol. The third-order valence-electron chi connectivity index (χ3n) is 13.0. The van der Waals surface area contributed by atoms with E-state index in [1.54, 1.807) is 0 Å². The molecule has 13 aromatic rings. The fraction of sp³-hybridized carbons (Fsp3) is 0. The van der Waals surface area contributed by atoms with E-state index in [4.69, 9.17) is 0 Å². The SMILES string of the molecule is c1ccc(-c2cccc(-c3cc(-c4ccccc4)cc(-n4c5ccccc5c5ccc(-n6c7ccccc7c7cccc(-n8c9ccccc9c9ccccc98)c76)cc54)c3)c2)cc1. The molecule has 0 fully saturated rings. The van der Waals surface area contributed by atoms with E-state index in [2.05, 4.69) is 250 Å². The van der Waals surface area contributed by atoms with Gasteiger partial charge in [-0.05, 0) is 100 Å². The van der Waals surface area contributed by atoms with Gasteiger partial charge in [-0.15, -0.1) is 0 Å². The van der Waals surface area contributed by atoms with Crippen molar-refractivity contribution in [2.45, 2.75) is 0 Å². The fourth-order valence-corrected chi connectivity index (χ4v) is 10.2. The number of rotatable bonds is 6. The Morgan fingerprint density at radius 2 is 0.619 bits per heavy atom. The van der Waals surface area contributed by atoms with E-state index in [0.717, 1.165) is 22.6 Å². The summed E-state index contributed by atoms with van der Waals surface area (Å²) in [5.41, 5.74) is 17.6. The van der Waals surface area contributed by atoms with E-state index in [0.29, 0.717) is 0 Å². The first-order valence-corrected chi connectivity index (χ1v) is 21.7. The van der Waals surface area contributed by atoms with Crippen LogP contribution in [0.5, 0.6) is 0 Å². The molecule has 0 spiro atoms. The lowest BCUT2D eigenvalue weighted by Crippen LogP contribution is -2.01. The van der Waals surface area contributed by atoms with Crippen molar-refractivity contribution in [3.63, 3.8) is 0 Å². The average Bonchev–Trinajstić information content (AvgIpc) is 4.00. The van der Waals surface area contributed by atoms with Crippen molar-refractivity contribution in [1.29, 1.82) is 0 Å². The molecule has 0 bridgehead atoms. The summed E-state index contributed by atoms with van der Waals surface area (Å²) in [6.07, 6.45) is 0. The summed E-state index contributed by atoms with van der Waals surface area (Å²) in [7, 11) is 0. The summed E-state index contributed by atoms with van der Waals surface area (Å²) >= 11 is 0. The van der Waals surface area contributed by atoms with Crippen molar-refractivity contribution in [3.8, 4) is 50.4 Å². The molecule has 63 heavy (non-hydrogen) atoms. The number of fused-ring (bicyclic) bond motifs is 9. The molecule has 0 unspecified atom stereocenters. The third-order valence-corrected chi connectivity index (χ3v) is 13.0. The maximum Gasteiger partial charge on any atom is 0.0782 e. The van der Waals surface area contributed by atoms with Gasteiger partial charge in [-0.1, -0.05) is 170 Å². The van der Waals surface area contributed by atoms with Crippen LogP contribution < -0.4 is 0 Å². The van der Waals surface area contributed by atoms with Crippen LogP contribution in [0.2, 0.25) is 0 Å². The molecule has 3 nitrogen and oxygen atoms in total. The van der Waals surface area contributed by atoms with Crippen LogP contribution in [0.25, 0.3) is 116 Å². The summed E-state index contributed by atoms with van der Waals surface area (Å²) in [6.45, 7) is 0. The number of benzene rings is 10. The molecule has 3 heterocycles. The first kappa shape index (κ1) is 35.4. The molecule has 0 radical (unpaired) electrons. The van der Waals surface area contributed by atoms with Crippen molar-refractivity contribution < 1.29 is 0 Å². The molecule has 0 N–H and O–H groups in total. The van der Waals surface area contributed by atoms with Gasteiger partial charge in [0.1, 0.15) is 0 Å². The van der Waals surface area contributed by atoms with Gasteiger partial charge in [-0.2, -0.15) is 0 Å². The predicted octanol–water partition coefficient (Wildman–Crippen LogP) is 16.0. The van der Waals surface area contributed by atoms with Gasteiger partial charge >= 0.3 is 0 Å². The van der Waals surface area contributed by atoms with Gasteiger partial charge in [0.25, 0.3) is 0 Å². The molecule has 0 aliphatic heterocycles. The monoisotopic (exact) mass is 801 g/mol. The minimum absolute atomic E-state index is 1.11. The van der Waals surface area contributed by atoms with Gasteiger partial charge in [-0.25, -0.2) is 0 Å². The van der Waals surface area contributed by atoms with Crippen LogP contribution in [0.3, 0.4) is 0 Å². The Kier molecular flexibility index (Phi) is 7.91. The number of hydrogen-bond acceptors (Lipinski definition) is 0. The zero-order valence-electron chi connectivity index (χ0n) is 34.4. The summed E-state index contributed by atoms with van der Waals surface area (Å²) in [5.74, 6) is 0. The topological polar surface area (TPSA) is 14.8 Å². The Balaban J connectivity index is 1.09. The van der Waals surface area contributed by atoms with Gasteiger partial charge < -0.3 is 13.7 Å². The largest absolute Gasteiger partial charge is 0.309 e. The zero-order chi connectivity index (χ0) is 41.4. The van der Waals surface area contributed by atoms with E-state index in [-0.39, 0.29) is 0 Å². The molecule has 0 saturated heterocycles. The summed E-state index contributed by atoms with van der Waals surface area (Å²) in [5, 5.41) is 7.41. The first-order chi connectivity index (χ1) is 31.3. The Labute approximate surface area is 364 Å². The highest BCUT2D eigenvalue weighted by Crippen LogP contribution is 2.42. The molecule has 0 aliphatic rings. The minimum atomic E-state index is 1.11. The highest BCUT2D eigenvalue weighted by atomic mass is 15.1. The molecule has 3 heteroatoms. The Bertz CT molecular complexity index is 3850. The molecule has 3 aromatic heterocycles. The quantitative estimate of drug-likeness (QED) is 0.159. The number of aromatic nitrogens is 3. The van der Waals surface area contributed by atoms with Crippen LogP contribution >= 0.6 is 0 Å². The summed E-state index contributed by atoms with van der Waals surface area (Å²) < 4.78 is 7.43. The van der Waals surface area contributed by atoms with Gasteiger partial charge in [0.15, 0.2) is 0 Å². The molecule has 13 rings (SSSR count). The maximum atomic E-state index is 2.49. The van der Waals surface area contributed by atoms with Crippen molar-refractivity contribution in [3.05, 3.63) is 237 Å². The van der Waals surface area contributed by atoms with Crippen molar-refractivity contribution in [2.24, 2.45) is 0 Å². The fourth-order valence-electron chi connectivity index (χ4n) is 10.2. The molecule has 294 valence electrons. The molecule has 0 amide bonds. The number of nitrogens with zero attached hydrogens (tertiary/aromatic N) is 3. The molecular weight excluding hydrogens is 763 g/mol. The van der Waals surface area contributed by atoms with Crippen molar-refractivity contribution in [1.82, 2.24) is 13.7 Å². The normalized spacial score (nSPS) is 11.8. The van der Waals surface area contributed by atoms with Crippen LogP contribution in [0.1, 0.15) is 0 Å². The number of para-hydroxylation sites is 5. The van der Waals surface area contributed by atoms with Crippen LogP contribution in [0.4, 0.5) is 0 Å². The van der Waals surface area contributed by atoms with Crippen LogP contribution in [-0.4, -0.2) is 13.7 Å². The molecule has 10 aromatic carbocycles. The van der Waals surface area contributed by atoms with Crippen molar-refractivity contribution in [2.75, 3.05) is 0 Å². The van der Waals surface area contributed by atoms with Crippen LogP contribution in [0, 0.1) is 0 Å². The molecule has 0 saturated carbocycles.